The van der Waals surface area contributed by atoms with E-state index in [1.807, 2.05) is 0 Å². The summed E-state index contributed by atoms with van der Waals surface area (Å²) in [6, 6.07) is 3.93. The van der Waals surface area contributed by atoms with Gasteiger partial charge in [-0.2, -0.15) is 13.1 Å². The first-order valence-electron chi connectivity index (χ1n) is 7.99. The molecule has 1 fully saturated rings. The Balaban J connectivity index is 1.64. The van der Waals surface area contributed by atoms with Crippen molar-refractivity contribution in [3.8, 4) is 17.2 Å². The van der Waals surface area contributed by atoms with Gasteiger partial charge in [-0.25, -0.2) is 23.5 Å². The number of nitrogens with two attached hydrogens (primary N) is 1. The first-order chi connectivity index (χ1) is 13.7. The zero-order chi connectivity index (χ0) is 20.8. The molecule has 0 radical (unpaired) electrons. The van der Waals surface area contributed by atoms with Gasteiger partial charge in [0.1, 0.15) is 5.82 Å². The zero-order valence-electron chi connectivity index (χ0n) is 14.3. The van der Waals surface area contributed by atoms with E-state index in [1.165, 1.54) is 18.2 Å². The average Bonchev–Trinajstić information content (AvgIpc) is 3.05. The summed E-state index contributed by atoms with van der Waals surface area (Å²) >= 11 is 4.22. The van der Waals surface area contributed by atoms with Crippen molar-refractivity contribution >= 4 is 37.9 Å². The van der Waals surface area contributed by atoms with Gasteiger partial charge < -0.3 is 0 Å². The SMILES string of the molecule is NS(=O)(=O)NC1(CSc2nonc2-c2noc(=O)n2-c2ccc(F)c(Br)c2)CC1. The molecule has 154 valence electrons. The first-order valence-corrected chi connectivity index (χ1v) is 11.3. The molecule has 1 aliphatic rings. The van der Waals surface area contributed by atoms with E-state index in [0.29, 0.717) is 18.6 Å². The number of halogens is 2. The number of thioether (sulfide) groups is 1. The fraction of sp³-hybridized carbons (Fsp3) is 0.286. The molecule has 0 aliphatic heterocycles. The van der Waals surface area contributed by atoms with Crippen molar-refractivity contribution in [3.05, 3.63) is 39.0 Å². The van der Waals surface area contributed by atoms with Gasteiger partial charge in [-0.1, -0.05) is 16.9 Å². The number of hydrogen-bond acceptors (Lipinski definition) is 9. The van der Waals surface area contributed by atoms with Crippen LogP contribution in [0.1, 0.15) is 12.8 Å². The van der Waals surface area contributed by atoms with E-state index in [9.17, 15) is 17.6 Å². The number of benzene rings is 1. The van der Waals surface area contributed by atoms with Crippen molar-refractivity contribution in [1.29, 1.82) is 0 Å². The Bertz CT molecular complexity index is 1240. The van der Waals surface area contributed by atoms with E-state index in [-0.39, 0.29) is 26.7 Å². The van der Waals surface area contributed by atoms with Crippen LogP contribution in [0.15, 0.2) is 41.6 Å². The van der Waals surface area contributed by atoms with Crippen molar-refractivity contribution in [2.75, 3.05) is 5.75 Å². The highest BCUT2D eigenvalue weighted by Crippen LogP contribution is 2.41. The van der Waals surface area contributed by atoms with Crippen molar-refractivity contribution in [1.82, 2.24) is 24.8 Å². The second-order valence-corrected chi connectivity index (χ2v) is 9.45. The van der Waals surface area contributed by atoms with Crippen molar-refractivity contribution in [3.63, 3.8) is 0 Å². The van der Waals surface area contributed by atoms with Gasteiger partial charge in [-0.15, -0.1) is 0 Å². The van der Waals surface area contributed by atoms with Gasteiger partial charge in [0.2, 0.25) is 5.82 Å². The molecule has 0 bridgehead atoms. The molecule has 0 spiro atoms. The molecule has 15 heteroatoms. The predicted octanol–water partition coefficient (Wildman–Crippen LogP) is 1.19. The van der Waals surface area contributed by atoms with Gasteiger partial charge in [0, 0.05) is 11.3 Å². The molecule has 11 nitrogen and oxygen atoms in total. The number of nitrogens with zero attached hydrogens (tertiary/aromatic N) is 4. The molecule has 3 N–H and O–H groups in total. The molecule has 0 unspecified atom stereocenters. The van der Waals surface area contributed by atoms with Crippen LogP contribution in [0.4, 0.5) is 4.39 Å². The molecule has 2 aromatic heterocycles. The van der Waals surface area contributed by atoms with Crippen LogP contribution in [0.25, 0.3) is 17.2 Å². The van der Waals surface area contributed by atoms with Crippen LogP contribution in [0, 0.1) is 5.82 Å². The Hall–Kier alpha value is -2.07. The van der Waals surface area contributed by atoms with Crippen molar-refractivity contribution in [2.45, 2.75) is 23.4 Å². The maximum atomic E-state index is 13.5. The summed E-state index contributed by atoms with van der Waals surface area (Å²) in [5.74, 6) is -1.00. The smallest absolute Gasteiger partial charge is 0.295 e. The maximum absolute atomic E-state index is 13.5. The van der Waals surface area contributed by atoms with Crippen molar-refractivity contribution < 1.29 is 22.0 Å². The van der Waals surface area contributed by atoms with E-state index < -0.39 is 27.3 Å². The minimum absolute atomic E-state index is 0.00140. The van der Waals surface area contributed by atoms with Gasteiger partial charge in [-0.3, -0.25) is 4.52 Å². The minimum atomic E-state index is -3.85. The topological polar surface area (TPSA) is 159 Å². The first kappa shape index (κ1) is 20.2. The van der Waals surface area contributed by atoms with Crippen LogP contribution in [0.3, 0.4) is 0 Å². The van der Waals surface area contributed by atoms with Crippen molar-refractivity contribution in [2.24, 2.45) is 5.14 Å². The summed E-state index contributed by atoms with van der Waals surface area (Å²) in [4.78, 5) is 12.2. The van der Waals surface area contributed by atoms with E-state index in [1.54, 1.807) is 0 Å². The molecule has 0 atom stereocenters. The fourth-order valence-electron chi connectivity index (χ4n) is 2.60. The summed E-state index contributed by atoms with van der Waals surface area (Å²) < 4.78 is 49.3. The van der Waals surface area contributed by atoms with Gasteiger partial charge in [0.15, 0.2) is 10.7 Å². The van der Waals surface area contributed by atoms with E-state index >= 15 is 0 Å². The van der Waals surface area contributed by atoms with Crippen LogP contribution in [0.2, 0.25) is 0 Å². The Morgan fingerprint density at radius 2 is 2.10 bits per heavy atom. The molecule has 0 amide bonds. The third-order valence-corrected chi connectivity index (χ3v) is 6.70. The van der Waals surface area contributed by atoms with Crippen LogP contribution < -0.4 is 15.6 Å². The minimum Gasteiger partial charge on any atom is -0.295 e. The highest BCUT2D eigenvalue weighted by Gasteiger charge is 2.45. The molecule has 3 aromatic rings. The van der Waals surface area contributed by atoms with Gasteiger partial charge in [-0.05, 0) is 57.3 Å². The molecular formula is C14H12BrFN6O5S2. The maximum Gasteiger partial charge on any atom is 0.446 e. The highest BCUT2D eigenvalue weighted by atomic mass is 79.9. The predicted molar refractivity (Wildman–Crippen MR) is 102 cm³/mol. The van der Waals surface area contributed by atoms with Gasteiger partial charge in [0.25, 0.3) is 10.2 Å². The Labute approximate surface area is 175 Å². The molecule has 1 aromatic carbocycles. The molecule has 2 heterocycles. The summed E-state index contributed by atoms with van der Waals surface area (Å²) in [5, 5.41) is 16.6. The number of aromatic nitrogens is 4. The monoisotopic (exact) mass is 506 g/mol. The zero-order valence-corrected chi connectivity index (χ0v) is 17.6. The van der Waals surface area contributed by atoms with Crippen LogP contribution in [-0.4, -0.2) is 39.7 Å². The quantitative estimate of drug-likeness (QED) is 0.448. The molecule has 1 aliphatic carbocycles. The molecule has 29 heavy (non-hydrogen) atoms. The Morgan fingerprint density at radius 3 is 2.76 bits per heavy atom. The standard InChI is InChI=1S/C14H12BrFN6O5S2/c15-8-5-7(1-2-9(8)16)22-11(19-26-13(22)23)10-12(20-27-18-10)28-6-14(3-4-14)21-29(17,24)25/h1-2,5,21H,3-4,6H2,(H2,17,24,25). The summed E-state index contributed by atoms with van der Waals surface area (Å²) in [6.45, 7) is 0. The highest BCUT2D eigenvalue weighted by molar-refractivity contribution is 9.10. The van der Waals surface area contributed by atoms with Gasteiger partial charge in [0.05, 0.1) is 10.2 Å². The fourth-order valence-corrected chi connectivity index (χ4v) is 5.06. The summed E-state index contributed by atoms with van der Waals surface area (Å²) in [6.07, 6.45) is 1.24. The number of hydrogen-bond donors (Lipinski definition) is 2. The lowest BCUT2D eigenvalue weighted by molar-refractivity contribution is 0.299. The average molecular weight is 507 g/mol. The molecular weight excluding hydrogens is 495 g/mol. The van der Waals surface area contributed by atoms with Crippen LogP contribution in [0.5, 0.6) is 0 Å². The van der Waals surface area contributed by atoms with E-state index in [4.69, 9.17) is 14.3 Å². The largest absolute Gasteiger partial charge is 0.446 e. The molecule has 0 saturated heterocycles. The second kappa shape index (κ2) is 7.32. The Kier molecular flexibility index (Phi) is 5.10. The molecule has 1 saturated carbocycles. The van der Waals surface area contributed by atoms with Crippen LogP contribution >= 0.6 is 27.7 Å². The van der Waals surface area contributed by atoms with Gasteiger partial charge >= 0.3 is 5.76 Å². The van der Waals surface area contributed by atoms with E-state index in [2.05, 4.69) is 36.1 Å². The second-order valence-electron chi connectivity index (χ2n) is 6.34. The summed E-state index contributed by atoms with van der Waals surface area (Å²) in [5.41, 5.74) is -0.263. The third kappa shape index (κ3) is 4.28. The molecule has 4 rings (SSSR count). The lowest BCUT2D eigenvalue weighted by Gasteiger charge is -2.13. The van der Waals surface area contributed by atoms with E-state index in [0.717, 1.165) is 16.3 Å². The number of nitrogens with one attached hydrogen (secondary N) is 1. The lowest BCUT2D eigenvalue weighted by atomic mass is 10.3. The lowest BCUT2D eigenvalue weighted by Crippen LogP contribution is -2.42. The normalized spacial score (nSPS) is 15.6. The Morgan fingerprint density at radius 1 is 1.34 bits per heavy atom. The van der Waals surface area contributed by atoms with Crippen LogP contribution in [-0.2, 0) is 10.2 Å². The summed E-state index contributed by atoms with van der Waals surface area (Å²) in [7, 11) is -3.85. The third-order valence-electron chi connectivity index (χ3n) is 4.13. The number of rotatable bonds is 7.